The number of fused-ring (bicyclic) bond motifs is 1. The van der Waals surface area contributed by atoms with E-state index in [0.717, 1.165) is 6.54 Å². The Balaban J connectivity index is 0.00000385. The van der Waals surface area contributed by atoms with Crippen LogP contribution < -0.4 is 10.2 Å². The smallest absolute Gasteiger partial charge is 0.241 e. The molecule has 1 amide bonds. The Morgan fingerprint density at radius 2 is 2.00 bits per heavy atom. The summed E-state index contributed by atoms with van der Waals surface area (Å²) in [5.41, 5.74) is 0.679. The molecule has 1 fully saturated rings. The molecule has 7 nitrogen and oxygen atoms in total. The Labute approximate surface area is 198 Å². The van der Waals surface area contributed by atoms with E-state index in [1.165, 1.54) is 12.1 Å². The van der Waals surface area contributed by atoms with Crippen LogP contribution in [0.25, 0.3) is 0 Å². The second-order valence-corrected chi connectivity index (χ2v) is 12.2. The van der Waals surface area contributed by atoms with E-state index in [1.807, 2.05) is 13.8 Å². The van der Waals surface area contributed by atoms with Gasteiger partial charge in [-0.25, -0.2) is 12.8 Å². The van der Waals surface area contributed by atoms with Crippen LogP contribution in [-0.2, 0) is 24.8 Å². The number of amides is 1. The minimum absolute atomic E-state index is 0. The van der Waals surface area contributed by atoms with Crippen LogP contribution in [0.5, 0.6) is 0 Å². The lowest BCUT2D eigenvalue weighted by Gasteiger charge is -2.39. The summed E-state index contributed by atoms with van der Waals surface area (Å²) < 4.78 is 45.8. The van der Waals surface area contributed by atoms with Gasteiger partial charge in [0.1, 0.15) is 10.7 Å². The van der Waals surface area contributed by atoms with Crippen molar-refractivity contribution in [1.29, 1.82) is 0 Å². The van der Waals surface area contributed by atoms with Crippen molar-refractivity contribution in [3.05, 3.63) is 23.5 Å². The van der Waals surface area contributed by atoms with Crippen molar-refractivity contribution in [2.45, 2.75) is 64.4 Å². The molecule has 1 saturated heterocycles. The standard InChI is InChI=1S/C23H36FN3O4S.CH4/c1-15(2)13-32(29,30)21-8-20-18(7-19(21)24)23(4,5)14-27(20)22(28)11-26-10-16(3)25-9-17(26)12-31-6;/h7-8,15-17,25H,9-14H2,1-6H3;1H4/t16-,17-;/m1./s1. The topological polar surface area (TPSA) is 79.0 Å². The number of carbonyl (C=O) groups is 1. The Morgan fingerprint density at radius 1 is 1.33 bits per heavy atom. The molecule has 0 aromatic heterocycles. The van der Waals surface area contributed by atoms with Crippen LogP contribution >= 0.6 is 0 Å². The highest BCUT2D eigenvalue weighted by Gasteiger charge is 2.41. The van der Waals surface area contributed by atoms with Crippen LogP contribution in [0, 0.1) is 11.7 Å². The van der Waals surface area contributed by atoms with Gasteiger partial charge in [0.05, 0.1) is 18.9 Å². The van der Waals surface area contributed by atoms with Gasteiger partial charge in [0.2, 0.25) is 5.91 Å². The number of ether oxygens (including phenoxy) is 1. The van der Waals surface area contributed by atoms with Gasteiger partial charge in [0, 0.05) is 49.9 Å². The lowest BCUT2D eigenvalue weighted by atomic mass is 9.87. The number of rotatable bonds is 7. The van der Waals surface area contributed by atoms with E-state index < -0.39 is 21.1 Å². The molecule has 0 saturated carbocycles. The fraction of sp³-hybridized carbons (Fsp3) is 0.708. The first-order valence-electron chi connectivity index (χ1n) is 11.2. The Morgan fingerprint density at radius 3 is 2.61 bits per heavy atom. The zero-order valence-electron chi connectivity index (χ0n) is 19.9. The molecular weight excluding hydrogens is 445 g/mol. The predicted molar refractivity (Wildman–Crippen MR) is 130 cm³/mol. The number of halogens is 1. The lowest BCUT2D eigenvalue weighted by Crippen LogP contribution is -2.59. The van der Waals surface area contributed by atoms with E-state index in [-0.39, 0.29) is 48.5 Å². The number of nitrogens with zero attached hydrogens (tertiary/aromatic N) is 2. The van der Waals surface area contributed by atoms with Gasteiger partial charge in [-0.05, 0) is 30.5 Å². The van der Waals surface area contributed by atoms with Crippen LogP contribution in [0.3, 0.4) is 0 Å². The third-order valence-electron chi connectivity index (χ3n) is 6.24. The second kappa shape index (κ2) is 10.4. The minimum atomic E-state index is -3.80. The van der Waals surface area contributed by atoms with Crippen molar-refractivity contribution in [3.8, 4) is 0 Å². The summed E-state index contributed by atoms with van der Waals surface area (Å²) in [6, 6.07) is 2.99. The fourth-order valence-corrected chi connectivity index (χ4v) is 6.41. The third-order valence-corrected chi connectivity index (χ3v) is 8.32. The van der Waals surface area contributed by atoms with Gasteiger partial charge in [-0.1, -0.05) is 35.1 Å². The molecule has 3 rings (SSSR count). The summed E-state index contributed by atoms with van der Waals surface area (Å²) in [5.74, 6) is -1.14. The van der Waals surface area contributed by atoms with Gasteiger partial charge in [-0.3, -0.25) is 9.69 Å². The molecule has 0 radical (unpaired) electrons. The summed E-state index contributed by atoms with van der Waals surface area (Å²) in [5, 5.41) is 3.41. The first-order chi connectivity index (χ1) is 14.9. The summed E-state index contributed by atoms with van der Waals surface area (Å²) in [7, 11) is -2.15. The zero-order valence-corrected chi connectivity index (χ0v) is 20.8. The van der Waals surface area contributed by atoms with Crippen molar-refractivity contribution in [2.24, 2.45) is 5.92 Å². The molecule has 33 heavy (non-hydrogen) atoms. The van der Waals surface area contributed by atoms with Gasteiger partial charge in [0.25, 0.3) is 0 Å². The number of piperazine rings is 1. The molecule has 1 aromatic rings. The first kappa shape index (κ1) is 27.7. The van der Waals surface area contributed by atoms with Crippen molar-refractivity contribution < 1.29 is 22.3 Å². The van der Waals surface area contributed by atoms with Gasteiger partial charge in [-0.15, -0.1) is 0 Å². The van der Waals surface area contributed by atoms with E-state index in [0.29, 0.717) is 30.9 Å². The third kappa shape index (κ3) is 5.93. The number of carbonyl (C=O) groups excluding carboxylic acids is 1. The molecule has 2 aliphatic rings. The van der Waals surface area contributed by atoms with Crippen molar-refractivity contribution >= 4 is 21.4 Å². The molecule has 2 atom stereocenters. The SMILES string of the molecule is C.COC[C@H]1CN[C@H](C)CN1CC(=O)N1CC(C)(C)c2cc(F)c(S(=O)(=O)CC(C)C)cc21. The molecule has 2 aliphatic heterocycles. The summed E-state index contributed by atoms with van der Waals surface area (Å²) in [4.78, 5) is 16.8. The average Bonchev–Trinajstić information content (AvgIpc) is 2.93. The molecular formula is C24H40FN3O4S. The largest absolute Gasteiger partial charge is 0.383 e. The number of hydrogen-bond donors (Lipinski definition) is 1. The predicted octanol–water partition coefficient (Wildman–Crippen LogP) is 2.82. The second-order valence-electron chi connectivity index (χ2n) is 10.2. The molecule has 1 N–H and O–H groups in total. The van der Waals surface area contributed by atoms with E-state index in [2.05, 4.69) is 17.1 Å². The van der Waals surface area contributed by atoms with E-state index in [9.17, 15) is 17.6 Å². The quantitative estimate of drug-likeness (QED) is 0.640. The minimum Gasteiger partial charge on any atom is -0.383 e. The monoisotopic (exact) mass is 485 g/mol. The average molecular weight is 486 g/mol. The summed E-state index contributed by atoms with van der Waals surface area (Å²) in [6.45, 7) is 12.1. The van der Waals surface area contributed by atoms with Crippen molar-refractivity contribution in [3.63, 3.8) is 0 Å². The van der Waals surface area contributed by atoms with Crippen LogP contribution in [0.15, 0.2) is 17.0 Å². The van der Waals surface area contributed by atoms with Crippen molar-refractivity contribution in [1.82, 2.24) is 10.2 Å². The van der Waals surface area contributed by atoms with E-state index >= 15 is 0 Å². The van der Waals surface area contributed by atoms with Gasteiger partial charge < -0.3 is 15.0 Å². The molecule has 188 valence electrons. The van der Waals surface area contributed by atoms with Gasteiger partial charge in [0.15, 0.2) is 9.84 Å². The van der Waals surface area contributed by atoms with Crippen LogP contribution in [-0.4, -0.2) is 77.0 Å². The number of anilines is 1. The molecule has 0 unspecified atom stereocenters. The number of methoxy groups -OCH3 is 1. The lowest BCUT2D eigenvalue weighted by molar-refractivity contribution is -0.121. The van der Waals surface area contributed by atoms with Crippen LogP contribution in [0.4, 0.5) is 10.1 Å². The fourth-order valence-electron chi connectivity index (χ4n) is 4.70. The molecule has 0 bridgehead atoms. The Kier molecular flexibility index (Phi) is 8.71. The highest BCUT2D eigenvalue weighted by Crippen LogP contribution is 2.43. The van der Waals surface area contributed by atoms with Crippen molar-refractivity contribution in [2.75, 3.05) is 50.5 Å². The highest BCUT2D eigenvalue weighted by molar-refractivity contribution is 7.91. The van der Waals surface area contributed by atoms with Crippen LogP contribution in [0.1, 0.15) is 47.6 Å². The Bertz CT molecular complexity index is 965. The van der Waals surface area contributed by atoms with Crippen LogP contribution in [0.2, 0.25) is 0 Å². The molecule has 1 aromatic carbocycles. The molecule has 0 aliphatic carbocycles. The normalized spacial score (nSPS) is 22.8. The number of sulfone groups is 1. The van der Waals surface area contributed by atoms with E-state index in [4.69, 9.17) is 4.74 Å². The highest BCUT2D eigenvalue weighted by atomic mass is 32.2. The first-order valence-corrected chi connectivity index (χ1v) is 12.8. The molecule has 2 heterocycles. The number of nitrogens with one attached hydrogen (secondary N) is 1. The summed E-state index contributed by atoms with van der Waals surface area (Å²) >= 11 is 0. The molecule has 9 heteroatoms. The van der Waals surface area contributed by atoms with E-state index in [1.54, 1.807) is 25.9 Å². The maximum absolute atomic E-state index is 14.9. The maximum atomic E-state index is 14.9. The molecule has 0 spiro atoms. The Hall–Kier alpha value is -1.55. The zero-order chi connectivity index (χ0) is 23.8. The maximum Gasteiger partial charge on any atom is 0.241 e. The van der Waals surface area contributed by atoms with Gasteiger partial charge in [-0.2, -0.15) is 0 Å². The number of hydrogen-bond acceptors (Lipinski definition) is 6. The summed E-state index contributed by atoms with van der Waals surface area (Å²) in [6.07, 6.45) is 0. The number of benzene rings is 1. The van der Waals surface area contributed by atoms with Gasteiger partial charge >= 0.3 is 0 Å².